The first kappa shape index (κ1) is 25.2. The average molecular weight is 450 g/mol. The Morgan fingerprint density at radius 1 is 1.12 bits per heavy atom. The zero-order valence-corrected chi connectivity index (χ0v) is 20.3. The van der Waals surface area contributed by atoms with E-state index in [2.05, 4.69) is 40.8 Å². The minimum Gasteiger partial charge on any atom is -0.493 e. The molecule has 2 fully saturated rings. The Kier molecular flexibility index (Phi) is 10.5. The van der Waals surface area contributed by atoms with E-state index in [1.807, 2.05) is 6.07 Å². The largest absolute Gasteiger partial charge is 0.493 e. The molecule has 0 amide bonds. The Labute approximate surface area is 194 Å². The molecule has 2 aliphatic rings. The summed E-state index contributed by atoms with van der Waals surface area (Å²) in [6, 6.07) is 6.11. The topological polar surface area (TPSA) is 57.6 Å². The molecule has 182 valence electrons. The van der Waals surface area contributed by atoms with E-state index >= 15 is 0 Å². The summed E-state index contributed by atoms with van der Waals surface area (Å²) < 4.78 is 17.0. The number of hydrogen-bond acceptors (Lipinski definition) is 7. The van der Waals surface area contributed by atoms with Gasteiger partial charge in [0, 0.05) is 52.5 Å². The van der Waals surface area contributed by atoms with Gasteiger partial charge < -0.3 is 29.1 Å². The van der Waals surface area contributed by atoms with Crippen molar-refractivity contribution < 1.29 is 19.3 Å². The van der Waals surface area contributed by atoms with Gasteiger partial charge in [0.15, 0.2) is 11.5 Å². The second kappa shape index (κ2) is 13.4. The third kappa shape index (κ3) is 8.19. The highest BCUT2D eigenvalue weighted by Gasteiger charge is 2.19. The molecule has 3 rings (SSSR count). The van der Waals surface area contributed by atoms with Crippen molar-refractivity contribution in [1.29, 1.82) is 0 Å². The van der Waals surface area contributed by atoms with Crippen molar-refractivity contribution in [3.05, 3.63) is 23.8 Å². The van der Waals surface area contributed by atoms with Crippen LogP contribution in [0.1, 0.15) is 31.7 Å². The van der Waals surface area contributed by atoms with Gasteiger partial charge in [0.05, 0.1) is 7.11 Å². The van der Waals surface area contributed by atoms with Gasteiger partial charge in [-0.15, -0.1) is 0 Å². The fraction of sp³-hybridized carbons (Fsp3) is 0.760. The third-order valence-corrected chi connectivity index (χ3v) is 6.75. The van der Waals surface area contributed by atoms with Crippen LogP contribution in [0.4, 0.5) is 0 Å². The Balaban J connectivity index is 1.41. The molecule has 1 aromatic carbocycles. The highest BCUT2D eigenvalue weighted by atomic mass is 16.5. The molecule has 7 nitrogen and oxygen atoms in total. The molecule has 0 spiro atoms. The lowest BCUT2D eigenvalue weighted by molar-refractivity contribution is 0.0464. The zero-order chi connectivity index (χ0) is 22.8. The molecule has 2 saturated heterocycles. The van der Waals surface area contributed by atoms with Gasteiger partial charge in [0.1, 0.15) is 12.7 Å². The van der Waals surface area contributed by atoms with Crippen molar-refractivity contribution in [2.45, 2.75) is 38.8 Å². The predicted molar refractivity (Wildman–Crippen MR) is 128 cm³/mol. The van der Waals surface area contributed by atoms with Crippen molar-refractivity contribution >= 4 is 0 Å². The maximum atomic E-state index is 10.5. The van der Waals surface area contributed by atoms with Gasteiger partial charge in [0.25, 0.3) is 0 Å². The highest BCUT2D eigenvalue weighted by molar-refractivity contribution is 5.43. The summed E-state index contributed by atoms with van der Waals surface area (Å²) in [4.78, 5) is 7.12. The smallest absolute Gasteiger partial charge is 0.161 e. The second-order valence-electron chi connectivity index (χ2n) is 9.27. The van der Waals surface area contributed by atoms with E-state index in [0.717, 1.165) is 70.7 Å². The van der Waals surface area contributed by atoms with Gasteiger partial charge in [-0.2, -0.15) is 0 Å². The van der Waals surface area contributed by atoms with Crippen molar-refractivity contribution in [3.8, 4) is 11.5 Å². The fourth-order valence-electron chi connectivity index (χ4n) is 4.58. The summed E-state index contributed by atoms with van der Waals surface area (Å²) in [5.41, 5.74) is 1.21. The maximum Gasteiger partial charge on any atom is 0.161 e. The molecule has 0 bridgehead atoms. The van der Waals surface area contributed by atoms with E-state index in [9.17, 15) is 5.11 Å². The van der Waals surface area contributed by atoms with Crippen LogP contribution in [-0.4, -0.2) is 106 Å². The van der Waals surface area contributed by atoms with Crippen LogP contribution in [0.5, 0.6) is 11.5 Å². The molecule has 1 aromatic rings. The van der Waals surface area contributed by atoms with Gasteiger partial charge in [-0.1, -0.05) is 13.0 Å². The number of ether oxygens (including phenoxy) is 3. The van der Waals surface area contributed by atoms with Crippen LogP contribution in [0, 0.1) is 5.92 Å². The number of rotatable bonds is 12. The number of likely N-dealkylation sites (N-methyl/N-ethyl adjacent to an activating group) is 1. The number of β-amino-alcohol motifs (C(OH)–C–C–N with tert-alkyl or cyclic N) is 1. The quantitative estimate of drug-likeness (QED) is 0.526. The van der Waals surface area contributed by atoms with Crippen LogP contribution < -0.4 is 9.47 Å². The monoisotopic (exact) mass is 449 g/mol. The predicted octanol–water partition coefficient (Wildman–Crippen LogP) is 2.32. The summed E-state index contributed by atoms with van der Waals surface area (Å²) in [5.74, 6) is 2.21. The maximum absolute atomic E-state index is 10.5. The number of nitrogens with zero attached hydrogens (tertiary/aromatic N) is 3. The van der Waals surface area contributed by atoms with Crippen LogP contribution >= 0.6 is 0 Å². The molecule has 0 radical (unpaired) electrons. The molecular formula is C25H43N3O4. The van der Waals surface area contributed by atoms with E-state index in [1.165, 1.54) is 24.8 Å². The fourth-order valence-corrected chi connectivity index (χ4v) is 4.58. The summed E-state index contributed by atoms with van der Waals surface area (Å²) in [6.45, 7) is 12.2. The van der Waals surface area contributed by atoms with E-state index in [-0.39, 0.29) is 6.61 Å². The van der Waals surface area contributed by atoms with Gasteiger partial charge in [-0.05, 0) is 63.0 Å². The minimum absolute atomic E-state index is 0.273. The van der Waals surface area contributed by atoms with Crippen molar-refractivity contribution in [3.63, 3.8) is 0 Å². The molecule has 1 atom stereocenters. The Morgan fingerprint density at radius 3 is 2.53 bits per heavy atom. The number of hydrogen-bond donors (Lipinski definition) is 1. The summed E-state index contributed by atoms with van der Waals surface area (Å²) in [5, 5.41) is 10.5. The van der Waals surface area contributed by atoms with Gasteiger partial charge in [-0.3, -0.25) is 4.90 Å². The van der Waals surface area contributed by atoms with Crippen molar-refractivity contribution in [2.24, 2.45) is 5.92 Å². The second-order valence-corrected chi connectivity index (χ2v) is 9.27. The Hall–Kier alpha value is -1.38. The molecule has 7 heteroatoms. The summed E-state index contributed by atoms with van der Waals surface area (Å²) in [6.07, 6.45) is 3.09. The van der Waals surface area contributed by atoms with Crippen LogP contribution in [0.2, 0.25) is 0 Å². The third-order valence-electron chi connectivity index (χ3n) is 6.75. The van der Waals surface area contributed by atoms with Crippen molar-refractivity contribution in [2.75, 3.05) is 79.8 Å². The molecule has 2 aliphatic heterocycles. The van der Waals surface area contributed by atoms with Crippen LogP contribution in [0.25, 0.3) is 0 Å². The standard InChI is InChI=1S/C25H43N3O4/c1-4-27-11-13-28(14-12-27)19-23(29)20-32-24-6-5-22(17-25(24)30-3)18-26(2)10-7-21-8-15-31-16-9-21/h5-6,17,21,23,29H,4,7-16,18-20H2,1-3H3/t23-/m0/s1. The first-order valence-corrected chi connectivity index (χ1v) is 12.3. The minimum atomic E-state index is -0.510. The Morgan fingerprint density at radius 2 is 1.84 bits per heavy atom. The lowest BCUT2D eigenvalue weighted by Crippen LogP contribution is -2.49. The van der Waals surface area contributed by atoms with E-state index in [1.54, 1.807) is 7.11 Å². The number of methoxy groups -OCH3 is 1. The van der Waals surface area contributed by atoms with E-state index in [4.69, 9.17) is 14.2 Å². The molecule has 1 N–H and O–H groups in total. The van der Waals surface area contributed by atoms with Crippen molar-refractivity contribution in [1.82, 2.24) is 14.7 Å². The molecule has 2 heterocycles. The molecule has 32 heavy (non-hydrogen) atoms. The lowest BCUT2D eigenvalue weighted by Gasteiger charge is -2.34. The molecule has 0 unspecified atom stereocenters. The SMILES string of the molecule is CCN1CCN(C[C@H](O)COc2ccc(CN(C)CCC3CCOCC3)cc2OC)CC1. The van der Waals surface area contributed by atoms with Gasteiger partial charge >= 0.3 is 0 Å². The lowest BCUT2D eigenvalue weighted by atomic mass is 9.96. The zero-order valence-electron chi connectivity index (χ0n) is 20.3. The van der Waals surface area contributed by atoms with Crippen LogP contribution in [0.15, 0.2) is 18.2 Å². The van der Waals surface area contributed by atoms with Crippen LogP contribution in [0.3, 0.4) is 0 Å². The van der Waals surface area contributed by atoms with E-state index in [0.29, 0.717) is 12.3 Å². The summed E-state index contributed by atoms with van der Waals surface area (Å²) in [7, 11) is 3.84. The van der Waals surface area contributed by atoms with Gasteiger partial charge in [-0.25, -0.2) is 0 Å². The highest BCUT2D eigenvalue weighted by Crippen LogP contribution is 2.29. The Bertz CT molecular complexity index is 661. The molecule has 0 aromatic heterocycles. The molecule has 0 saturated carbocycles. The first-order valence-electron chi connectivity index (χ1n) is 12.3. The summed E-state index contributed by atoms with van der Waals surface area (Å²) >= 11 is 0. The van der Waals surface area contributed by atoms with Gasteiger partial charge in [0.2, 0.25) is 0 Å². The first-order chi connectivity index (χ1) is 15.6. The van der Waals surface area contributed by atoms with E-state index < -0.39 is 6.10 Å². The molecular weight excluding hydrogens is 406 g/mol. The number of aliphatic hydroxyl groups is 1. The normalized spacial score (nSPS) is 19.9. The van der Waals surface area contributed by atoms with Crippen LogP contribution in [-0.2, 0) is 11.3 Å². The molecule has 0 aliphatic carbocycles. The number of aliphatic hydroxyl groups excluding tert-OH is 1. The number of piperazine rings is 1. The average Bonchev–Trinajstić information content (AvgIpc) is 2.83. The number of benzene rings is 1.